The van der Waals surface area contributed by atoms with Crippen molar-refractivity contribution in [1.82, 2.24) is 19.7 Å². The van der Waals surface area contributed by atoms with Gasteiger partial charge in [0.15, 0.2) is 0 Å². The molecule has 0 saturated carbocycles. The van der Waals surface area contributed by atoms with Crippen molar-refractivity contribution in [3.8, 4) is 16.5 Å². The second kappa shape index (κ2) is 6.68. The minimum atomic E-state index is -0.0116. The number of carbonyl (C=O) groups excluding carboxylic acids is 1. The number of carbonyl (C=O) groups is 1. The van der Waals surface area contributed by atoms with Gasteiger partial charge in [-0.1, -0.05) is 6.07 Å². The standard InChI is InChI=1S/C18H18N4O2S/c1-24-17-6-5-13(11-19-17)18(23)21-7-3-8-22-14(12-21)10-15(20-22)16-4-2-9-25-16/h2,4-6,9-11H,3,7-8,12H2,1H3. The van der Waals surface area contributed by atoms with Crippen LogP contribution in [0.5, 0.6) is 5.88 Å². The van der Waals surface area contributed by atoms with Gasteiger partial charge in [0.25, 0.3) is 5.91 Å². The molecule has 1 amide bonds. The van der Waals surface area contributed by atoms with Gasteiger partial charge in [-0.3, -0.25) is 9.48 Å². The molecule has 4 heterocycles. The molecule has 3 aromatic rings. The molecule has 4 rings (SSSR count). The van der Waals surface area contributed by atoms with Crippen LogP contribution >= 0.6 is 11.3 Å². The Labute approximate surface area is 149 Å². The molecular weight excluding hydrogens is 336 g/mol. The summed E-state index contributed by atoms with van der Waals surface area (Å²) in [6.45, 7) is 2.09. The van der Waals surface area contributed by atoms with Crippen LogP contribution in [-0.4, -0.2) is 39.2 Å². The van der Waals surface area contributed by atoms with Crippen LogP contribution in [0.2, 0.25) is 0 Å². The molecule has 0 radical (unpaired) electrons. The van der Waals surface area contributed by atoms with E-state index in [9.17, 15) is 4.79 Å². The maximum Gasteiger partial charge on any atom is 0.255 e. The fraction of sp³-hybridized carbons (Fsp3) is 0.278. The lowest BCUT2D eigenvalue weighted by Crippen LogP contribution is -2.30. The van der Waals surface area contributed by atoms with E-state index in [1.165, 1.54) is 0 Å². The number of nitrogens with zero attached hydrogens (tertiary/aromatic N) is 4. The maximum atomic E-state index is 12.8. The lowest BCUT2D eigenvalue weighted by atomic mass is 10.2. The van der Waals surface area contributed by atoms with E-state index in [0.717, 1.165) is 29.2 Å². The van der Waals surface area contributed by atoms with Gasteiger partial charge < -0.3 is 9.64 Å². The molecule has 0 fully saturated rings. The van der Waals surface area contributed by atoms with E-state index < -0.39 is 0 Å². The molecule has 1 aliphatic rings. The first-order valence-electron chi connectivity index (χ1n) is 8.14. The summed E-state index contributed by atoms with van der Waals surface area (Å²) in [7, 11) is 1.56. The molecule has 25 heavy (non-hydrogen) atoms. The summed E-state index contributed by atoms with van der Waals surface area (Å²) in [4.78, 5) is 20.0. The molecule has 0 N–H and O–H groups in total. The Bertz CT molecular complexity index is 871. The third kappa shape index (κ3) is 3.15. The molecule has 0 spiro atoms. The average Bonchev–Trinajstić information content (AvgIpc) is 3.27. The topological polar surface area (TPSA) is 60.2 Å². The van der Waals surface area contributed by atoms with Crippen molar-refractivity contribution in [3.63, 3.8) is 0 Å². The van der Waals surface area contributed by atoms with Gasteiger partial charge in [0.05, 0.1) is 29.8 Å². The van der Waals surface area contributed by atoms with Gasteiger partial charge in [-0.15, -0.1) is 11.3 Å². The minimum absolute atomic E-state index is 0.0116. The van der Waals surface area contributed by atoms with Crippen molar-refractivity contribution < 1.29 is 9.53 Å². The molecule has 1 aliphatic heterocycles. The fourth-order valence-corrected chi connectivity index (χ4v) is 3.67. The van der Waals surface area contributed by atoms with Crippen molar-refractivity contribution in [3.05, 3.63) is 53.2 Å². The molecule has 7 heteroatoms. The van der Waals surface area contributed by atoms with Crippen molar-refractivity contribution in [2.24, 2.45) is 0 Å². The Balaban J connectivity index is 1.57. The number of rotatable bonds is 3. The number of ether oxygens (including phenoxy) is 1. The summed E-state index contributed by atoms with van der Waals surface area (Å²) < 4.78 is 7.07. The Kier molecular flexibility index (Phi) is 4.23. The number of hydrogen-bond donors (Lipinski definition) is 0. The third-order valence-electron chi connectivity index (χ3n) is 4.27. The van der Waals surface area contributed by atoms with Crippen LogP contribution in [0.15, 0.2) is 41.9 Å². The second-order valence-electron chi connectivity index (χ2n) is 5.89. The molecule has 0 bridgehead atoms. The van der Waals surface area contributed by atoms with Gasteiger partial charge >= 0.3 is 0 Å². The zero-order chi connectivity index (χ0) is 17.2. The third-order valence-corrected chi connectivity index (χ3v) is 5.16. The van der Waals surface area contributed by atoms with Crippen molar-refractivity contribution in [1.29, 1.82) is 0 Å². The highest BCUT2D eigenvalue weighted by atomic mass is 32.1. The smallest absolute Gasteiger partial charge is 0.255 e. The molecule has 3 aromatic heterocycles. The van der Waals surface area contributed by atoms with Crippen molar-refractivity contribution in [2.45, 2.75) is 19.5 Å². The monoisotopic (exact) mass is 354 g/mol. The average molecular weight is 354 g/mol. The minimum Gasteiger partial charge on any atom is -0.481 e. The van der Waals surface area contributed by atoms with Crippen LogP contribution in [0, 0.1) is 0 Å². The number of hydrogen-bond acceptors (Lipinski definition) is 5. The van der Waals surface area contributed by atoms with Crippen LogP contribution in [-0.2, 0) is 13.1 Å². The molecule has 0 aliphatic carbocycles. The number of amides is 1. The van der Waals surface area contributed by atoms with E-state index in [-0.39, 0.29) is 5.91 Å². The van der Waals surface area contributed by atoms with Crippen LogP contribution in [0.4, 0.5) is 0 Å². The fourth-order valence-electron chi connectivity index (χ4n) is 2.99. The van der Waals surface area contributed by atoms with Gasteiger partial charge in [-0.25, -0.2) is 4.98 Å². The Morgan fingerprint density at radius 2 is 2.20 bits per heavy atom. The molecule has 0 atom stereocenters. The van der Waals surface area contributed by atoms with E-state index in [1.54, 1.807) is 36.8 Å². The largest absolute Gasteiger partial charge is 0.481 e. The first kappa shape index (κ1) is 15.8. The summed E-state index contributed by atoms with van der Waals surface area (Å²) in [5.41, 5.74) is 2.62. The maximum absolute atomic E-state index is 12.8. The Hall–Kier alpha value is -2.67. The summed E-state index contributed by atoms with van der Waals surface area (Å²) in [6.07, 6.45) is 2.45. The predicted octanol–water partition coefficient (Wildman–Crippen LogP) is 3.06. The van der Waals surface area contributed by atoms with Gasteiger partial charge in [0, 0.05) is 25.4 Å². The van der Waals surface area contributed by atoms with E-state index >= 15 is 0 Å². The Morgan fingerprint density at radius 3 is 2.92 bits per heavy atom. The zero-order valence-electron chi connectivity index (χ0n) is 13.9. The zero-order valence-corrected chi connectivity index (χ0v) is 14.7. The van der Waals surface area contributed by atoms with Crippen LogP contribution in [0.3, 0.4) is 0 Å². The number of fused-ring (bicyclic) bond motifs is 1. The molecule has 0 aromatic carbocycles. The normalized spacial score (nSPS) is 14.0. The molecule has 0 unspecified atom stereocenters. The second-order valence-corrected chi connectivity index (χ2v) is 6.84. The molecule has 6 nitrogen and oxygen atoms in total. The number of thiophene rings is 1. The van der Waals surface area contributed by atoms with Crippen LogP contribution in [0.25, 0.3) is 10.6 Å². The molecular formula is C18H18N4O2S. The summed E-state index contributed by atoms with van der Waals surface area (Å²) >= 11 is 1.68. The van der Waals surface area contributed by atoms with Gasteiger partial charge in [-0.05, 0) is 30.0 Å². The molecule has 128 valence electrons. The number of methoxy groups -OCH3 is 1. The predicted molar refractivity (Wildman–Crippen MR) is 95.7 cm³/mol. The van der Waals surface area contributed by atoms with E-state index in [1.807, 2.05) is 21.0 Å². The van der Waals surface area contributed by atoms with Crippen LogP contribution < -0.4 is 4.74 Å². The van der Waals surface area contributed by atoms with Gasteiger partial charge in [0.1, 0.15) is 5.69 Å². The number of pyridine rings is 1. The van der Waals surface area contributed by atoms with E-state index in [4.69, 9.17) is 9.84 Å². The van der Waals surface area contributed by atoms with Crippen molar-refractivity contribution >= 4 is 17.2 Å². The lowest BCUT2D eigenvalue weighted by molar-refractivity contribution is 0.0745. The first-order chi connectivity index (χ1) is 12.2. The number of aromatic nitrogens is 3. The quantitative estimate of drug-likeness (QED) is 0.725. The van der Waals surface area contributed by atoms with Gasteiger partial charge in [0.2, 0.25) is 5.88 Å². The summed E-state index contributed by atoms with van der Waals surface area (Å²) in [5, 5.41) is 6.75. The first-order valence-corrected chi connectivity index (χ1v) is 9.02. The lowest BCUT2D eigenvalue weighted by Gasteiger charge is -2.19. The molecule has 0 saturated heterocycles. The van der Waals surface area contributed by atoms with Gasteiger partial charge in [-0.2, -0.15) is 5.10 Å². The highest BCUT2D eigenvalue weighted by Gasteiger charge is 2.22. The Morgan fingerprint density at radius 1 is 1.28 bits per heavy atom. The SMILES string of the molecule is COc1ccc(C(=O)N2CCCn3nc(-c4cccs4)cc3C2)cn1. The van der Waals surface area contributed by atoms with Crippen molar-refractivity contribution in [2.75, 3.05) is 13.7 Å². The van der Waals surface area contributed by atoms with E-state index in [2.05, 4.69) is 17.1 Å². The summed E-state index contributed by atoms with van der Waals surface area (Å²) in [5.74, 6) is 0.494. The highest BCUT2D eigenvalue weighted by molar-refractivity contribution is 7.13. The highest BCUT2D eigenvalue weighted by Crippen LogP contribution is 2.26. The number of aryl methyl sites for hydroxylation is 1. The van der Waals surface area contributed by atoms with Crippen LogP contribution in [0.1, 0.15) is 22.5 Å². The van der Waals surface area contributed by atoms with E-state index in [0.29, 0.717) is 24.5 Å². The summed E-state index contributed by atoms with van der Waals surface area (Å²) in [6, 6.07) is 9.65.